The van der Waals surface area contributed by atoms with Crippen LogP contribution < -0.4 is 5.32 Å². The van der Waals surface area contributed by atoms with Crippen molar-refractivity contribution < 1.29 is 0 Å². The Bertz CT molecular complexity index is 770. The van der Waals surface area contributed by atoms with E-state index in [1.807, 2.05) is 0 Å². The van der Waals surface area contributed by atoms with Crippen LogP contribution in [0, 0.1) is 13.8 Å². The minimum Gasteiger partial charge on any atom is -0.350 e. The molecule has 2 aromatic heterocycles. The zero-order valence-corrected chi connectivity index (χ0v) is 13.8. The largest absolute Gasteiger partial charge is 0.350 e. The lowest BCUT2D eigenvalue weighted by atomic mass is 10.1. The van der Waals surface area contributed by atoms with Crippen LogP contribution in [0.4, 0.5) is 0 Å². The maximum absolute atomic E-state index is 4.52. The van der Waals surface area contributed by atoms with Gasteiger partial charge in [0.25, 0.3) is 0 Å². The number of hydrogen-bond acceptors (Lipinski definition) is 3. The number of rotatable bonds is 4. The van der Waals surface area contributed by atoms with Crippen molar-refractivity contribution in [2.24, 2.45) is 7.05 Å². The Morgan fingerprint density at radius 2 is 2.05 bits per heavy atom. The Labute approximate surface area is 129 Å². The van der Waals surface area contributed by atoms with E-state index in [4.69, 9.17) is 0 Å². The van der Waals surface area contributed by atoms with Crippen LogP contribution in [0.5, 0.6) is 0 Å². The van der Waals surface area contributed by atoms with Gasteiger partial charge < -0.3 is 9.88 Å². The number of para-hydroxylation sites is 1. The topological polar surface area (TPSA) is 29.9 Å². The number of benzene rings is 1. The average Bonchev–Trinajstić information content (AvgIpc) is 2.97. The number of fused-ring (bicyclic) bond motifs is 1. The van der Waals surface area contributed by atoms with Gasteiger partial charge >= 0.3 is 0 Å². The van der Waals surface area contributed by atoms with Gasteiger partial charge in [-0.1, -0.05) is 18.2 Å². The SMILES string of the molecule is Cc1nc(C)c(C(C)NCc2cn(C)c3ccccc23)s1. The van der Waals surface area contributed by atoms with Crippen molar-refractivity contribution >= 4 is 22.2 Å². The predicted molar refractivity (Wildman–Crippen MR) is 89.8 cm³/mol. The molecule has 0 aliphatic carbocycles. The van der Waals surface area contributed by atoms with Gasteiger partial charge in [-0.3, -0.25) is 0 Å². The minimum atomic E-state index is 0.329. The zero-order valence-electron chi connectivity index (χ0n) is 13.0. The van der Waals surface area contributed by atoms with Crippen LogP contribution in [0.2, 0.25) is 0 Å². The fourth-order valence-corrected chi connectivity index (χ4v) is 3.83. The van der Waals surface area contributed by atoms with E-state index in [2.05, 4.69) is 73.1 Å². The Morgan fingerprint density at radius 3 is 2.76 bits per heavy atom. The molecule has 110 valence electrons. The van der Waals surface area contributed by atoms with Crippen LogP contribution in [0.15, 0.2) is 30.5 Å². The van der Waals surface area contributed by atoms with Crippen molar-refractivity contribution in [2.45, 2.75) is 33.4 Å². The predicted octanol–water partition coefficient (Wildman–Crippen LogP) is 4.10. The van der Waals surface area contributed by atoms with Crippen LogP contribution in [0.3, 0.4) is 0 Å². The van der Waals surface area contributed by atoms with E-state index in [1.165, 1.54) is 21.3 Å². The Kier molecular flexibility index (Phi) is 3.83. The summed E-state index contributed by atoms with van der Waals surface area (Å²) in [6, 6.07) is 8.88. The Hall–Kier alpha value is -1.65. The Morgan fingerprint density at radius 1 is 1.29 bits per heavy atom. The molecule has 0 aliphatic heterocycles. The molecule has 0 spiro atoms. The first kappa shape index (κ1) is 14.3. The van der Waals surface area contributed by atoms with Gasteiger partial charge in [0.15, 0.2) is 0 Å². The maximum Gasteiger partial charge on any atom is 0.0900 e. The maximum atomic E-state index is 4.52. The van der Waals surface area contributed by atoms with Gasteiger partial charge in [0.05, 0.1) is 10.7 Å². The van der Waals surface area contributed by atoms with Crippen LogP contribution >= 0.6 is 11.3 Å². The number of aryl methyl sites for hydroxylation is 3. The molecule has 1 N–H and O–H groups in total. The molecular weight excluding hydrogens is 278 g/mol. The van der Waals surface area contributed by atoms with E-state index >= 15 is 0 Å². The van der Waals surface area contributed by atoms with Crippen LogP contribution in [0.25, 0.3) is 10.9 Å². The van der Waals surface area contributed by atoms with Crippen molar-refractivity contribution in [2.75, 3.05) is 0 Å². The van der Waals surface area contributed by atoms with Gasteiger partial charge in [0.1, 0.15) is 0 Å². The van der Waals surface area contributed by atoms with Crippen molar-refractivity contribution in [3.05, 3.63) is 51.6 Å². The van der Waals surface area contributed by atoms with E-state index in [9.17, 15) is 0 Å². The summed E-state index contributed by atoms with van der Waals surface area (Å²) in [7, 11) is 2.10. The molecule has 0 radical (unpaired) electrons. The monoisotopic (exact) mass is 299 g/mol. The summed E-state index contributed by atoms with van der Waals surface area (Å²) in [6.07, 6.45) is 2.22. The molecule has 1 atom stereocenters. The number of nitrogens with zero attached hydrogens (tertiary/aromatic N) is 2. The molecule has 0 aliphatic rings. The van der Waals surface area contributed by atoms with Gasteiger partial charge in [-0.15, -0.1) is 11.3 Å². The van der Waals surface area contributed by atoms with Crippen LogP contribution in [-0.4, -0.2) is 9.55 Å². The van der Waals surface area contributed by atoms with Gasteiger partial charge in [0.2, 0.25) is 0 Å². The molecule has 1 aromatic carbocycles. The Balaban J connectivity index is 1.79. The van der Waals surface area contributed by atoms with Gasteiger partial charge in [-0.2, -0.15) is 0 Å². The van der Waals surface area contributed by atoms with Gasteiger partial charge in [-0.05, 0) is 32.4 Å². The minimum absolute atomic E-state index is 0.329. The van der Waals surface area contributed by atoms with Crippen LogP contribution in [0.1, 0.15) is 34.1 Å². The number of aromatic nitrogens is 2. The van der Waals surface area contributed by atoms with E-state index in [-0.39, 0.29) is 0 Å². The number of nitrogens with one attached hydrogen (secondary N) is 1. The second kappa shape index (κ2) is 5.62. The summed E-state index contributed by atoms with van der Waals surface area (Å²) >= 11 is 1.79. The molecule has 2 heterocycles. The third-order valence-electron chi connectivity index (χ3n) is 3.91. The van der Waals surface area contributed by atoms with Crippen molar-refractivity contribution in [1.29, 1.82) is 0 Å². The summed E-state index contributed by atoms with van der Waals surface area (Å²) in [4.78, 5) is 5.86. The second-order valence-electron chi connectivity index (χ2n) is 5.57. The van der Waals surface area contributed by atoms with E-state index in [0.717, 1.165) is 17.2 Å². The van der Waals surface area contributed by atoms with Crippen molar-refractivity contribution in [3.63, 3.8) is 0 Å². The average molecular weight is 299 g/mol. The highest BCUT2D eigenvalue weighted by Gasteiger charge is 2.13. The summed E-state index contributed by atoms with van der Waals surface area (Å²) in [5.41, 5.74) is 3.78. The normalized spacial score (nSPS) is 13.0. The first-order chi connectivity index (χ1) is 10.1. The first-order valence-corrected chi connectivity index (χ1v) is 8.08. The number of hydrogen-bond donors (Lipinski definition) is 1. The molecular formula is C17H21N3S. The van der Waals surface area contributed by atoms with Crippen molar-refractivity contribution in [1.82, 2.24) is 14.9 Å². The third-order valence-corrected chi connectivity index (χ3v) is 5.17. The van der Waals surface area contributed by atoms with Gasteiger partial charge in [0, 0.05) is 41.6 Å². The van der Waals surface area contributed by atoms with Crippen molar-refractivity contribution in [3.8, 4) is 0 Å². The lowest BCUT2D eigenvalue weighted by molar-refractivity contribution is 0.580. The fourth-order valence-electron chi connectivity index (χ4n) is 2.87. The van der Waals surface area contributed by atoms with E-state index in [1.54, 1.807) is 11.3 Å². The molecule has 0 saturated carbocycles. The summed E-state index contributed by atoms with van der Waals surface area (Å²) in [5, 5.41) is 6.10. The zero-order chi connectivity index (χ0) is 15.0. The molecule has 0 bridgehead atoms. The van der Waals surface area contributed by atoms with E-state index < -0.39 is 0 Å². The molecule has 1 unspecified atom stereocenters. The molecule has 21 heavy (non-hydrogen) atoms. The summed E-state index contributed by atoms with van der Waals surface area (Å²) in [6.45, 7) is 7.25. The molecule has 0 saturated heterocycles. The molecule has 4 heteroatoms. The second-order valence-corrected chi connectivity index (χ2v) is 6.80. The van der Waals surface area contributed by atoms with Crippen LogP contribution in [-0.2, 0) is 13.6 Å². The van der Waals surface area contributed by atoms with E-state index in [0.29, 0.717) is 6.04 Å². The quantitative estimate of drug-likeness (QED) is 0.786. The van der Waals surface area contributed by atoms with Gasteiger partial charge in [-0.25, -0.2) is 4.98 Å². The molecule has 3 rings (SSSR count). The first-order valence-electron chi connectivity index (χ1n) is 7.26. The molecule has 3 aromatic rings. The molecule has 3 nitrogen and oxygen atoms in total. The molecule has 0 amide bonds. The highest BCUT2D eigenvalue weighted by Crippen LogP contribution is 2.26. The fraction of sp³-hybridized carbons (Fsp3) is 0.353. The summed E-state index contributed by atoms with van der Waals surface area (Å²) < 4.78 is 2.19. The standard InChI is InChI=1S/C17H21N3S/c1-11(17-12(2)19-13(3)21-17)18-9-14-10-20(4)16-8-6-5-7-15(14)16/h5-8,10-11,18H,9H2,1-4H3. The number of thiazole rings is 1. The lowest BCUT2D eigenvalue weighted by Crippen LogP contribution is -2.17. The smallest absolute Gasteiger partial charge is 0.0900 e. The third kappa shape index (κ3) is 2.74. The lowest BCUT2D eigenvalue weighted by Gasteiger charge is -2.12. The summed E-state index contributed by atoms with van der Waals surface area (Å²) in [5.74, 6) is 0. The highest BCUT2D eigenvalue weighted by molar-refractivity contribution is 7.11. The molecule has 0 fully saturated rings. The highest BCUT2D eigenvalue weighted by atomic mass is 32.1.